The Hall–Kier alpha value is -2.10. The van der Waals surface area contributed by atoms with Gasteiger partial charge in [-0.15, -0.1) is 0 Å². The van der Waals surface area contributed by atoms with Gasteiger partial charge in [-0.3, -0.25) is 9.89 Å². The molecule has 0 saturated carbocycles. The summed E-state index contributed by atoms with van der Waals surface area (Å²) in [7, 11) is 0. The van der Waals surface area contributed by atoms with Gasteiger partial charge < -0.3 is 4.90 Å². The van der Waals surface area contributed by atoms with Gasteiger partial charge in [0.2, 0.25) is 5.91 Å². The molecule has 1 N–H and O–H groups in total. The van der Waals surface area contributed by atoms with Gasteiger partial charge in [-0.25, -0.2) is 0 Å². The molecular formula is C19H25N3O. The number of hydrogen-bond donors (Lipinski definition) is 1. The smallest absolute Gasteiger partial charge is 0.227 e. The zero-order valence-corrected chi connectivity index (χ0v) is 14.4. The van der Waals surface area contributed by atoms with E-state index in [1.165, 1.54) is 5.56 Å². The summed E-state index contributed by atoms with van der Waals surface area (Å²) in [4.78, 5) is 14.9. The topological polar surface area (TPSA) is 49.0 Å². The van der Waals surface area contributed by atoms with Gasteiger partial charge in [0.25, 0.3) is 0 Å². The number of likely N-dealkylation sites (tertiary alicyclic amines) is 1. The third kappa shape index (κ3) is 2.78. The first kappa shape index (κ1) is 15.8. The third-order valence-electron chi connectivity index (χ3n) is 5.30. The maximum Gasteiger partial charge on any atom is 0.227 e. The van der Waals surface area contributed by atoms with Crippen molar-refractivity contribution in [3.63, 3.8) is 0 Å². The number of amides is 1. The highest BCUT2D eigenvalue weighted by Crippen LogP contribution is 2.42. The van der Waals surface area contributed by atoms with Crippen LogP contribution in [0, 0.1) is 13.8 Å². The molecule has 0 spiro atoms. The maximum absolute atomic E-state index is 12.9. The van der Waals surface area contributed by atoms with E-state index >= 15 is 0 Å². The summed E-state index contributed by atoms with van der Waals surface area (Å²) in [5.74, 6) is 0.584. The highest BCUT2D eigenvalue weighted by atomic mass is 16.2. The van der Waals surface area contributed by atoms with Crippen LogP contribution < -0.4 is 0 Å². The maximum atomic E-state index is 12.9. The fourth-order valence-corrected chi connectivity index (χ4v) is 3.87. The Morgan fingerprint density at radius 1 is 1.30 bits per heavy atom. The van der Waals surface area contributed by atoms with Crippen molar-refractivity contribution in [2.75, 3.05) is 6.54 Å². The van der Waals surface area contributed by atoms with Gasteiger partial charge in [0.1, 0.15) is 0 Å². The van der Waals surface area contributed by atoms with E-state index in [0.29, 0.717) is 12.3 Å². The molecule has 23 heavy (non-hydrogen) atoms. The van der Waals surface area contributed by atoms with E-state index in [2.05, 4.69) is 53.2 Å². The molecule has 1 fully saturated rings. The second-order valence-corrected chi connectivity index (χ2v) is 7.04. The lowest BCUT2D eigenvalue weighted by Gasteiger charge is -2.36. The first-order valence-electron chi connectivity index (χ1n) is 8.27. The molecule has 1 aromatic heterocycles. The van der Waals surface area contributed by atoms with Gasteiger partial charge in [0.05, 0.1) is 12.1 Å². The van der Waals surface area contributed by atoms with Gasteiger partial charge in [-0.05, 0) is 39.7 Å². The van der Waals surface area contributed by atoms with Crippen molar-refractivity contribution in [3.05, 3.63) is 52.8 Å². The molecule has 1 unspecified atom stereocenters. The van der Waals surface area contributed by atoms with Crippen LogP contribution in [-0.4, -0.2) is 33.1 Å². The number of aromatic amines is 1. The summed E-state index contributed by atoms with van der Waals surface area (Å²) in [5.41, 5.74) is 4.11. The van der Waals surface area contributed by atoms with Gasteiger partial charge in [0, 0.05) is 29.3 Å². The monoisotopic (exact) mass is 311 g/mol. The van der Waals surface area contributed by atoms with Crippen LogP contribution in [0.15, 0.2) is 30.3 Å². The van der Waals surface area contributed by atoms with E-state index < -0.39 is 0 Å². The van der Waals surface area contributed by atoms with E-state index in [0.717, 1.165) is 29.9 Å². The first-order valence-corrected chi connectivity index (χ1v) is 8.27. The predicted octanol–water partition coefficient (Wildman–Crippen LogP) is 3.36. The van der Waals surface area contributed by atoms with Crippen LogP contribution in [0.2, 0.25) is 0 Å². The van der Waals surface area contributed by atoms with Crippen molar-refractivity contribution in [1.82, 2.24) is 15.1 Å². The number of H-pyrrole nitrogens is 1. The molecule has 2 heterocycles. The Labute approximate surface area is 137 Å². The highest BCUT2D eigenvalue weighted by molar-refractivity contribution is 5.80. The molecule has 4 nitrogen and oxygen atoms in total. The second-order valence-electron chi connectivity index (χ2n) is 7.04. The number of aromatic nitrogens is 2. The molecule has 0 radical (unpaired) electrons. The summed E-state index contributed by atoms with van der Waals surface area (Å²) in [6.07, 6.45) is 1.45. The van der Waals surface area contributed by atoms with Crippen molar-refractivity contribution in [1.29, 1.82) is 0 Å². The number of aryl methyl sites for hydroxylation is 2. The molecule has 1 saturated heterocycles. The molecule has 0 bridgehead atoms. The molecule has 1 aliphatic heterocycles. The van der Waals surface area contributed by atoms with Crippen LogP contribution in [-0.2, 0) is 11.2 Å². The number of carbonyl (C=O) groups excluding carboxylic acids is 1. The zero-order chi connectivity index (χ0) is 16.6. The zero-order valence-electron chi connectivity index (χ0n) is 14.4. The van der Waals surface area contributed by atoms with Crippen LogP contribution in [0.4, 0.5) is 0 Å². The fourth-order valence-electron chi connectivity index (χ4n) is 3.87. The molecule has 3 rings (SSSR count). The molecule has 4 heteroatoms. The van der Waals surface area contributed by atoms with Crippen molar-refractivity contribution in [3.8, 4) is 0 Å². The lowest BCUT2D eigenvalue weighted by atomic mass is 9.82. The number of nitrogens with one attached hydrogen (secondary N) is 1. The van der Waals surface area contributed by atoms with Crippen LogP contribution in [0.1, 0.15) is 48.7 Å². The van der Waals surface area contributed by atoms with Crippen LogP contribution >= 0.6 is 0 Å². The van der Waals surface area contributed by atoms with Crippen molar-refractivity contribution in [2.24, 2.45) is 0 Å². The molecule has 122 valence electrons. The van der Waals surface area contributed by atoms with E-state index in [1.54, 1.807) is 0 Å². The average molecular weight is 311 g/mol. The molecule has 0 aliphatic carbocycles. The summed E-state index contributed by atoms with van der Waals surface area (Å²) < 4.78 is 0. The number of carbonyl (C=O) groups is 1. The molecule has 1 amide bonds. The van der Waals surface area contributed by atoms with Gasteiger partial charge >= 0.3 is 0 Å². The fraction of sp³-hybridized carbons (Fsp3) is 0.474. The lowest BCUT2D eigenvalue weighted by Crippen LogP contribution is -2.46. The molecule has 2 aromatic rings. The van der Waals surface area contributed by atoms with E-state index in [1.807, 2.05) is 19.9 Å². The normalized spacial score (nSPS) is 20.0. The van der Waals surface area contributed by atoms with Crippen LogP contribution in [0.3, 0.4) is 0 Å². The Morgan fingerprint density at radius 3 is 2.61 bits per heavy atom. The quantitative estimate of drug-likeness (QED) is 0.945. The Balaban J connectivity index is 1.80. The van der Waals surface area contributed by atoms with Crippen molar-refractivity contribution in [2.45, 2.75) is 52.0 Å². The number of rotatable bonds is 3. The minimum Gasteiger partial charge on any atom is -0.337 e. The number of nitrogens with zero attached hydrogens (tertiary/aromatic N) is 2. The summed E-state index contributed by atoms with van der Waals surface area (Å²) in [6.45, 7) is 9.12. The summed E-state index contributed by atoms with van der Waals surface area (Å²) in [5, 5.41) is 7.17. The third-order valence-corrected chi connectivity index (χ3v) is 5.30. The molecular weight excluding hydrogens is 286 g/mol. The Morgan fingerprint density at radius 2 is 2.00 bits per heavy atom. The van der Waals surface area contributed by atoms with Gasteiger partial charge in [-0.1, -0.05) is 30.3 Å². The summed E-state index contributed by atoms with van der Waals surface area (Å²) in [6, 6.07) is 10.5. The SMILES string of the molecule is Cc1n[nH]c(C)c1CC(=O)N1CCC(c2ccccc2)C1(C)C. The number of benzene rings is 1. The Bertz CT molecular complexity index is 683. The van der Waals surface area contributed by atoms with Crippen molar-refractivity contribution < 1.29 is 4.79 Å². The molecule has 1 aromatic carbocycles. The molecule has 1 atom stereocenters. The standard InChI is InChI=1S/C19H25N3O/c1-13-16(14(2)21-20-13)12-18(23)22-11-10-17(19(22,3)4)15-8-6-5-7-9-15/h5-9,17H,10-12H2,1-4H3,(H,20,21). The summed E-state index contributed by atoms with van der Waals surface area (Å²) >= 11 is 0. The van der Waals surface area contributed by atoms with E-state index in [-0.39, 0.29) is 11.4 Å². The predicted molar refractivity (Wildman–Crippen MR) is 91.4 cm³/mol. The average Bonchev–Trinajstić information content (AvgIpc) is 3.01. The molecule has 1 aliphatic rings. The highest BCUT2D eigenvalue weighted by Gasteiger charge is 2.44. The van der Waals surface area contributed by atoms with Crippen molar-refractivity contribution >= 4 is 5.91 Å². The minimum atomic E-state index is -0.163. The van der Waals surface area contributed by atoms with E-state index in [9.17, 15) is 4.79 Å². The van der Waals surface area contributed by atoms with Gasteiger partial charge in [0.15, 0.2) is 0 Å². The largest absolute Gasteiger partial charge is 0.337 e. The van der Waals surface area contributed by atoms with Crippen LogP contribution in [0.25, 0.3) is 0 Å². The number of hydrogen-bond acceptors (Lipinski definition) is 2. The second kappa shape index (κ2) is 5.84. The van der Waals surface area contributed by atoms with Crippen LogP contribution in [0.5, 0.6) is 0 Å². The minimum absolute atomic E-state index is 0.163. The van der Waals surface area contributed by atoms with E-state index in [4.69, 9.17) is 0 Å². The first-order chi connectivity index (χ1) is 10.9. The van der Waals surface area contributed by atoms with Gasteiger partial charge in [-0.2, -0.15) is 5.10 Å². The Kier molecular flexibility index (Phi) is 4.00. The lowest BCUT2D eigenvalue weighted by molar-refractivity contribution is -0.133.